The average molecular weight is 345 g/mol. The zero-order valence-corrected chi connectivity index (χ0v) is 15.1. The van der Waals surface area contributed by atoms with E-state index in [1.54, 1.807) is 7.11 Å². The summed E-state index contributed by atoms with van der Waals surface area (Å²) in [5.41, 5.74) is 2.29. The van der Waals surface area contributed by atoms with E-state index < -0.39 is 5.79 Å². The molecule has 1 N–H and O–H groups in total. The van der Waals surface area contributed by atoms with Gasteiger partial charge in [0.2, 0.25) is 0 Å². The lowest BCUT2D eigenvalue weighted by Crippen LogP contribution is -2.50. The molecule has 136 valence electrons. The Bertz CT molecular complexity index is 657. The van der Waals surface area contributed by atoms with Crippen molar-refractivity contribution in [1.82, 2.24) is 15.1 Å². The van der Waals surface area contributed by atoms with Crippen LogP contribution in [0.1, 0.15) is 31.1 Å². The van der Waals surface area contributed by atoms with Gasteiger partial charge in [0.25, 0.3) is 0 Å². The Morgan fingerprint density at radius 3 is 2.88 bits per heavy atom. The van der Waals surface area contributed by atoms with E-state index in [0.29, 0.717) is 19.8 Å². The summed E-state index contributed by atoms with van der Waals surface area (Å²) in [6.07, 6.45) is 3.88. The molecule has 1 saturated heterocycles. The summed E-state index contributed by atoms with van der Waals surface area (Å²) in [5.74, 6) is -0.580. The molecule has 1 aliphatic rings. The predicted octanol–water partition coefficient (Wildman–Crippen LogP) is 2.51. The lowest BCUT2D eigenvalue weighted by Gasteiger charge is -2.41. The molecule has 0 unspecified atom stereocenters. The second-order valence-corrected chi connectivity index (χ2v) is 6.75. The third kappa shape index (κ3) is 4.89. The van der Waals surface area contributed by atoms with Crippen LogP contribution >= 0.6 is 0 Å². The monoisotopic (exact) mass is 345 g/mol. The maximum atomic E-state index is 6.20. The highest BCUT2D eigenvalue weighted by atomic mass is 16.7. The molecule has 1 aromatic carbocycles. The van der Waals surface area contributed by atoms with Crippen LogP contribution < -0.4 is 5.32 Å². The third-order valence-corrected chi connectivity index (χ3v) is 4.29. The quantitative estimate of drug-likeness (QED) is 0.836. The Morgan fingerprint density at radius 1 is 1.32 bits per heavy atom. The van der Waals surface area contributed by atoms with Gasteiger partial charge in [-0.3, -0.25) is 4.68 Å². The van der Waals surface area contributed by atoms with Crippen LogP contribution in [0.15, 0.2) is 42.7 Å². The minimum Gasteiger partial charge on any atom is -0.383 e. The molecule has 2 heterocycles. The molecule has 2 aromatic rings. The standard InChI is InChI=1S/C19H27N3O3/c1-19(2)24-14-17(18(25-19)16-7-5-4-6-8-16)20-11-15-12-21-22(13-15)9-10-23-3/h4-8,12-13,17-18,20H,9-11,14H2,1-3H3/t17-,18-/m1/s1. The molecule has 0 spiro atoms. The summed E-state index contributed by atoms with van der Waals surface area (Å²) < 4.78 is 19.0. The van der Waals surface area contributed by atoms with Gasteiger partial charge < -0.3 is 19.5 Å². The van der Waals surface area contributed by atoms with Crippen molar-refractivity contribution in [2.75, 3.05) is 20.3 Å². The van der Waals surface area contributed by atoms with Crippen molar-refractivity contribution in [3.63, 3.8) is 0 Å². The Morgan fingerprint density at radius 2 is 2.12 bits per heavy atom. The first-order chi connectivity index (χ1) is 12.1. The van der Waals surface area contributed by atoms with E-state index in [2.05, 4.69) is 22.5 Å². The van der Waals surface area contributed by atoms with Gasteiger partial charge in [-0.25, -0.2) is 0 Å². The molecule has 25 heavy (non-hydrogen) atoms. The average Bonchev–Trinajstić information content (AvgIpc) is 3.07. The molecule has 0 radical (unpaired) electrons. The molecule has 0 bridgehead atoms. The van der Waals surface area contributed by atoms with E-state index in [4.69, 9.17) is 14.2 Å². The topological polar surface area (TPSA) is 57.5 Å². The predicted molar refractivity (Wildman–Crippen MR) is 95.0 cm³/mol. The van der Waals surface area contributed by atoms with Crippen LogP contribution in [0, 0.1) is 0 Å². The number of ether oxygens (including phenoxy) is 3. The van der Waals surface area contributed by atoms with Gasteiger partial charge in [0, 0.05) is 25.4 Å². The first-order valence-electron chi connectivity index (χ1n) is 8.68. The molecule has 0 aliphatic carbocycles. The van der Waals surface area contributed by atoms with Crippen molar-refractivity contribution >= 4 is 0 Å². The van der Waals surface area contributed by atoms with Crippen molar-refractivity contribution < 1.29 is 14.2 Å². The number of aromatic nitrogens is 2. The van der Waals surface area contributed by atoms with Crippen molar-refractivity contribution in [3.8, 4) is 0 Å². The van der Waals surface area contributed by atoms with Crippen molar-refractivity contribution in [3.05, 3.63) is 53.9 Å². The highest BCUT2D eigenvalue weighted by Gasteiger charge is 2.37. The van der Waals surface area contributed by atoms with Gasteiger partial charge >= 0.3 is 0 Å². The van der Waals surface area contributed by atoms with Crippen LogP contribution in [0.5, 0.6) is 0 Å². The number of methoxy groups -OCH3 is 1. The molecule has 1 fully saturated rings. The number of rotatable bonds is 7. The van der Waals surface area contributed by atoms with Gasteiger partial charge in [-0.15, -0.1) is 0 Å². The van der Waals surface area contributed by atoms with E-state index in [9.17, 15) is 0 Å². The molecular formula is C19H27N3O3. The molecule has 6 heteroatoms. The second-order valence-electron chi connectivity index (χ2n) is 6.75. The van der Waals surface area contributed by atoms with Crippen LogP contribution in [-0.2, 0) is 27.3 Å². The lowest BCUT2D eigenvalue weighted by molar-refractivity contribution is -0.285. The fourth-order valence-electron chi connectivity index (χ4n) is 2.96. The van der Waals surface area contributed by atoms with Crippen LogP contribution in [0.25, 0.3) is 0 Å². The highest BCUT2D eigenvalue weighted by Crippen LogP contribution is 2.33. The van der Waals surface area contributed by atoms with Crippen LogP contribution in [0.4, 0.5) is 0 Å². The number of nitrogens with one attached hydrogen (secondary N) is 1. The minimum atomic E-state index is -0.580. The summed E-state index contributed by atoms with van der Waals surface area (Å²) >= 11 is 0. The van der Waals surface area contributed by atoms with Crippen molar-refractivity contribution in [1.29, 1.82) is 0 Å². The fourth-order valence-corrected chi connectivity index (χ4v) is 2.96. The summed E-state index contributed by atoms with van der Waals surface area (Å²) in [5, 5.41) is 7.91. The molecule has 1 aliphatic heterocycles. The molecule has 3 rings (SSSR count). The Kier molecular flexibility index (Phi) is 5.86. The molecule has 2 atom stereocenters. The largest absolute Gasteiger partial charge is 0.383 e. The van der Waals surface area contributed by atoms with Crippen LogP contribution in [0.3, 0.4) is 0 Å². The summed E-state index contributed by atoms with van der Waals surface area (Å²) in [6.45, 7) is 6.65. The first kappa shape index (κ1) is 18.1. The van der Waals surface area contributed by atoms with Gasteiger partial charge in [-0.2, -0.15) is 5.10 Å². The van der Waals surface area contributed by atoms with Gasteiger partial charge in [0.05, 0.1) is 32.0 Å². The normalized spacial score (nSPS) is 22.8. The molecule has 1 aromatic heterocycles. The van der Waals surface area contributed by atoms with Gasteiger partial charge in [-0.1, -0.05) is 30.3 Å². The van der Waals surface area contributed by atoms with Gasteiger partial charge in [0.1, 0.15) is 6.10 Å². The number of nitrogens with zero attached hydrogens (tertiary/aromatic N) is 2. The van der Waals surface area contributed by atoms with E-state index in [-0.39, 0.29) is 12.1 Å². The molecule has 6 nitrogen and oxygen atoms in total. The molecule has 0 saturated carbocycles. The van der Waals surface area contributed by atoms with E-state index >= 15 is 0 Å². The molecule has 0 amide bonds. The van der Waals surface area contributed by atoms with E-state index in [1.165, 1.54) is 0 Å². The SMILES string of the molecule is COCCn1cc(CN[C@@H]2COC(C)(C)O[C@@H]2c2ccccc2)cn1. The zero-order chi connectivity index (χ0) is 17.7. The van der Waals surface area contributed by atoms with Crippen LogP contribution in [0.2, 0.25) is 0 Å². The lowest BCUT2D eigenvalue weighted by atomic mass is 10.0. The Labute approximate surface area is 149 Å². The summed E-state index contributed by atoms with van der Waals surface area (Å²) in [6, 6.07) is 10.4. The maximum absolute atomic E-state index is 6.20. The fraction of sp³-hybridized carbons (Fsp3) is 0.526. The summed E-state index contributed by atoms with van der Waals surface area (Å²) in [7, 11) is 1.69. The Balaban J connectivity index is 1.64. The first-order valence-corrected chi connectivity index (χ1v) is 8.68. The van der Waals surface area contributed by atoms with E-state index in [1.807, 2.05) is 49.1 Å². The summed E-state index contributed by atoms with van der Waals surface area (Å²) in [4.78, 5) is 0. The van der Waals surface area contributed by atoms with Crippen LogP contribution in [-0.4, -0.2) is 41.9 Å². The second kappa shape index (κ2) is 8.10. The minimum absolute atomic E-state index is 0.0477. The van der Waals surface area contributed by atoms with Gasteiger partial charge in [0.15, 0.2) is 5.79 Å². The zero-order valence-electron chi connectivity index (χ0n) is 15.1. The van der Waals surface area contributed by atoms with Gasteiger partial charge in [-0.05, 0) is 19.4 Å². The smallest absolute Gasteiger partial charge is 0.163 e. The van der Waals surface area contributed by atoms with Crippen molar-refractivity contribution in [2.45, 2.75) is 44.9 Å². The number of hydrogen-bond acceptors (Lipinski definition) is 5. The van der Waals surface area contributed by atoms with E-state index in [0.717, 1.165) is 17.7 Å². The third-order valence-electron chi connectivity index (χ3n) is 4.29. The van der Waals surface area contributed by atoms with Crippen molar-refractivity contribution in [2.24, 2.45) is 0 Å². The Hall–Kier alpha value is -1.73. The number of hydrogen-bond donors (Lipinski definition) is 1. The maximum Gasteiger partial charge on any atom is 0.163 e. The number of benzene rings is 1. The molecular weight excluding hydrogens is 318 g/mol. The highest BCUT2D eigenvalue weighted by molar-refractivity contribution is 5.20.